The van der Waals surface area contributed by atoms with Gasteiger partial charge in [-0.15, -0.1) is 0 Å². The molecule has 0 atom stereocenters. The molecule has 0 saturated heterocycles. The number of benzene rings is 1. The highest BCUT2D eigenvalue weighted by molar-refractivity contribution is 5.39. The molecule has 0 aliphatic carbocycles. The zero-order valence-electron chi connectivity index (χ0n) is 27.5. The van der Waals surface area contributed by atoms with E-state index in [0.717, 1.165) is 16.9 Å². The van der Waals surface area contributed by atoms with Crippen molar-refractivity contribution >= 4 is 0 Å². The van der Waals surface area contributed by atoms with Crippen LogP contribution in [0.4, 0.5) is 0 Å². The van der Waals surface area contributed by atoms with Gasteiger partial charge >= 0.3 is 0 Å². The first kappa shape index (κ1) is 41.6. The molecule has 0 radical (unpaired) electrons. The molecule has 0 spiro atoms. The molecule has 0 bridgehead atoms. The highest BCUT2D eigenvalue weighted by Gasteiger charge is 2.02. The van der Waals surface area contributed by atoms with Crippen LogP contribution in [0.2, 0.25) is 0 Å². The number of para-hydroxylation sites is 1. The van der Waals surface area contributed by atoms with Gasteiger partial charge in [-0.3, -0.25) is 0 Å². The van der Waals surface area contributed by atoms with Crippen molar-refractivity contribution in [1.82, 2.24) is 0 Å². The maximum atomic E-state index is 8.58. The standard InChI is InChI=1S/C32H58O13/c1-30-4-3-5-31(2)32(30)45-29-28-44-27-26-43-25-24-42-23-22-41-21-20-40-19-18-39-17-16-38-15-14-37-13-12-36-11-10-35-9-8-34-7-6-33/h3-5,33H,6-29H2,1-2H3. The minimum absolute atomic E-state index is 0.0252. The van der Waals surface area contributed by atoms with Gasteiger partial charge in [0.1, 0.15) is 12.4 Å². The van der Waals surface area contributed by atoms with E-state index in [4.69, 9.17) is 61.9 Å². The Balaban J connectivity index is 1.65. The van der Waals surface area contributed by atoms with Gasteiger partial charge in [0.05, 0.1) is 152 Å². The summed E-state index contributed by atoms with van der Waals surface area (Å²) < 4.78 is 65.5. The minimum Gasteiger partial charge on any atom is -0.491 e. The molecule has 0 aliphatic rings. The minimum atomic E-state index is 0.0252. The molecule has 45 heavy (non-hydrogen) atoms. The molecule has 1 N–H and O–H groups in total. The van der Waals surface area contributed by atoms with Crippen LogP contribution in [-0.4, -0.2) is 164 Å². The average molecular weight is 651 g/mol. The summed E-state index contributed by atoms with van der Waals surface area (Å²) in [7, 11) is 0. The zero-order chi connectivity index (χ0) is 32.3. The van der Waals surface area contributed by atoms with E-state index < -0.39 is 0 Å². The van der Waals surface area contributed by atoms with Crippen molar-refractivity contribution in [3.8, 4) is 5.75 Å². The topological polar surface area (TPSA) is 131 Å². The Morgan fingerprint density at radius 2 is 0.578 bits per heavy atom. The van der Waals surface area contributed by atoms with Crippen LogP contribution in [0, 0.1) is 13.8 Å². The molecule has 13 nitrogen and oxygen atoms in total. The Hall–Kier alpha value is -1.46. The summed E-state index contributed by atoms with van der Waals surface area (Å²) in [5.74, 6) is 0.935. The molecular formula is C32H58O13. The number of rotatable bonds is 36. The summed E-state index contributed by atoms with van der Waals surface area (Å²) in [6.45, 7) is 15.6. The zero-order valence-corrected chi connectivity index (χ0v) is 27.5. The second-order valence-electron chi connectivity index (χ2n) is 9.53. The Labute approximate surface area is 269 Å². The average Bonchev–Trinajstić information content (AvgIpc) is 3.04. The van der Waals surface area contributed by atoms with Crippen molar-refractivity contribution in [2.45, 2.75) is 13.8 Å². The maximum absolute atomic E-state index is 8.58. The normalized spacial score (nSPS) is 11.4. The Morgan fingerprint density at radius 3 is 0.822 bits per heavy atom. The molecule has 1 aromatic carbocycles. The van der Waals surface area contributed by atoms with Crippen molar-refractivity contribution in [2.75, 3.05) is 159 Å². The van der Waals surface area contributed by atoms with E-state index in [2.05, 4.69) is 0 Å². The van der Waals surface area contributed by atoms with Crippen LogP contribution in [0.15, 0.2) is 18.2 Å². The number of aliphatic hydroxyl groups excluding tert-OH is 1. The van der Waals surface area contributed by atoms with Crippen molar-refractivity contribution in [3.05, 3.63) is 29.3 Å². The van der Waals surface area contributed by atoms with Crippen LogP contribution >= 0.6 is 0 Å². The first-order valence-electron chi connectivity index (χ1n) is 15.9. The second-order valence-corrected chi connectivity index (χ2v) is 9.53. The molecule has 0 unspecified atom stereocenters. The van der Waals surface area contributed by atoms with Crippen LogP contribution in [0.5, 0.6) is 5.75 Å². The van der Waals surface area contributed by atoms with Gasteiger partial charge in [0.2, 0.25) is 0 Å². The first-order chi connectivity index (χ1) is 22.3. The SMILES string of the molecule is Cc1cccc(C)c1OCCOCCOCCOCCOCCOCCOCCOCCOCCOCCOCCOCCO. The fourth-order valence-electron chi connectivity index (χ4n) is 3.60. The van der Waals surface area contributed by atoms with Gasteiger partial charge in [0.15, 0.2) is 0 Å². The third-order valence-electron chi connectivity index (χ3n) is 5.84. The molecule has 0 aliphatic heterocycles. The number of hydrogen-bond donors (Lipinski definition) is 1. The lowest BCUT2D eigenvalue weighted by Gasteiger charge is -2.12. The van der Waals surface area contributed by atoms with Gasteiger partial charge in [-0.05, 0) is 25.0 Å². The van der Waals surface area contributed by atoms with Gasteiger partial charge < -0.3 is 61.9 Å². The highest BCUT2D eigenvalue weighted by Crippen LogP contribution is 2.21. The lowest BCUT2D eigenvalue weighted by atomic mass is 10.1. The monoisotopic (exact) mass is 650 g/mol. The maximum Gasteiger partial charge on any atom is 0.125 e. The molecule has 0 amide bonds. The van der Waals surface area contributed by atoms with Crippen LogP contribution in [-0.2, 0) is 52.1 Å². The third-order valence-corrected chi connectivity index (χ3v) is 5.84. The van der Waals surface area contributed by atoms with Crippen molar-refractivity contribution in [1.29, 1.82) is 0 Å². The summed E-state index contributed by atoms with van der Waals surface area (Å²) in [5.41, 5.74) is 2.26. The molecular weight excluding hydrogens is 592 g/mol. The largest absolute Gasteiger partial charge is 0.491 e. The smallest absolute Gasteiger partial charge is 0.125 e. The van der Waals surface area contributed by atoms with E-state index in [9.17, 15) is 0 Å². The number of aliphatic hydroxyl groups is 1. The quantitative estimate of drug-likeness (QED) is 0.106. The van der Waals surface area contributed by atoms with E-state index in [-0.39, 0.29) is 6.61 Å². The lowest BCUT2D eigenvalue weighted by Crippen LogP contribution is -2.15. The van der Waals surface area contributed by atoms with E-state index in [1.54, 1.807) is 0 Å². The Morgan fingerprint density at radius 1 is 0.356 bits per heavy atom. The molecule has 0 heterocycles. The molecule has 264 valence electrons. The molecule has 13 heteroatoms. The summed E-state index contributed by atoms with van der Waals surface area (Å²) in [6.07, 6.45) is 0. The Bertz CT molecular complexity index is 721. The van der Waals surface area contributed by atoms with Gasteiger partial charge in [0, 0.05) is 0 Å². The molecule has 0 aromatic heterocycles. The van der Waals surface area contributed by atoms with E-state index >= 15 is 0 Å². The second kappa shape index (κ2) is 33.9. The van der Waals surface area contributed by atoms with E-state index in [1.807, 2.05) is 32.0 Å². The van der Waals surface area contributed by atoms with E-state index in [0.29, 0.717) is 152 Å². The third kappa shape index (κ3) is 28.5. The lowest BCUT2D eigenvalue weighted by molar-refractivity contribution is -0.0280. The van der Waals surface area contributed by atoms with Crippen LogP contribution in [0.25, 0.3) is 0 Å². The predicted octanol–water partition coefficient (Wildman–Crippen LogP) is 1.86. The number of aryl methyl sites for hydroxylation is 2. The molecule has 1 aromatic rings. The van der Waals surface area contributed by atoms with Crippen molar-refractivity contribution < 1.29 is 61.9 Å². The van der Waals surface area contributed by atoms with Gasteiger partial charge in [-0.25, -0.2) is 0 Å². The summed E-state index contributed by atoms with van der Waals surface area (Å²) >= 11 is 0. The summed E-state index contributed by atoms with van der Waals surface area (Å²) in [4.78, 5) is 0. The fraction of sp³-hybridized carbons (Fsp3) is 0.812. The van der Waals surface area contributed by atoms with Crippen molar-refractivity contribution in [3.63, 3.8) is 0 Å². The van der Waals surface area contributed by atoms with Crippen LogP contribution < -0.4 is 4.74 Å². The first-order valence-corrected chi connectivity index (χ1v) is 15.9. The van der Waals surface area contributed by atoms with E-state index in [1.165, 1.54) is 0 Å². The molecule has 1 rings (SSSR count). The van der Waals surface area contributed by atoms with Crippen LogP contribution in [0.3, 0.4) is 0 Å². The summed E-state index contributed by atoms with van der Waals surface area (Å²) in [5, 5.41) is 8.58. The Kier molecular flexibility index (Phi) is 31.3. The van der Waals surface area contributed by atoms with Gasteiger partial charge in [-0.2, -0.15) is 0 Å². The van der Waals surface area contributed by atoms with Gasteiger partial charge in [0.25, 0.3) is 0 Å². The number of ether oxygens (including phenoxy) is 12. The molecule has 0 fully saturated rings. The van der Waals surface area contributed by atoms with Gasteiger partial charge in [-0.1, -0.05) is 18.2 Å². The highest BCUT2D eigenvalue weighted by atomic mass is 16.6. The summed E-state index contributed by atoms with van der Waals surface area (Å²) in [6, 6.07) is 6.11. The van der Waals surface area contributed by atoms with Crippen molar-refractivity contribution in [2.24, 2.45) is 0 Å². The number of hydrogen-bond acceptors (Lipinski definition) is 13. The molecule has 0 saturated carbocycles. The predicted molar refractivity (Wildman–Crippen MR) is 168 cm³/mol. The fourth-order valence-corrected chi connectivity index (χ4v) is 3.60. The van der Waals surface area contributed by atoms with Crippen LogP contribution in [0.1, 0.15) is 11.1 Å².